The number of aromatic nitrogens is 2. The molecule has 0 spiro atoms. The first kappa shape index (κ1) is 26.3. The van der Waals surface area contributed by atoms with E-state index in [-0.39, 0.29) is 18.4 Å². The number of piperidine rings is 1. The molecule has 3 saturated carbocycles. The molecule has 3 heterocycles. The Morgan fingerprint density at radius 2 is 1.87 bits per heavy atom. The van der Waals surface area contributed by atoms with Gasteiger partial charge >= 0.3 is 6.03 Å². The highest BCUT2D eigenvalue weighted by Crippen LogP contribution is 2.44. The van der Waals surface area contributed by atoms with Crippen molar-refractivity contribution in [1.29, 1.82) is 0 Å². The molecule has 2 amide bonds. The Bertz CT molecular complexity index is 1030. The molecule has 0 aromatic carbocycles. The number of amides is 2. The molecule has 212 valence electrons. The van der Waals surface area contributed by atoms with E-state index in [1.807, 2.05) is 11.8 Å². The number of carbonyl (C=O) groups is 1. The van der Waals surface area contributed by atoms with Crippen LogP contribution in [0, 0.1) is 0 Å². The van der Waals surface area contributed by atoms with E-state index >= 15 is 8.78 Å². The van der Waals surface area contributed by atoms with Crippen molar-refractivity contribution in [3.05, 3.63) is 11.7 Å². The predicted molar refractivity (Wildman–Crippen MR) is 129 cm³/mol. The summed E-state index contributed by atoms with van der Waals surface area (Å²) in [5.74, 6) is -2.56. The molecule has 2 aliphatic heterocycles. The van der Waals surface area contributed by atoms with Crippen LogP contribution in [0.15, 0.2) is 4.52 Å². The molecule has 38 heavy (non-hydrogen) atoms. The summed E-state index contributed by atoms with van der Waals surface area (Å²) in [7, 11) is 0. The number of urea groups is 1. The van der Waals surface area contributed by atoms with Crippen LogP contribution in [0.25, 0.3) is 0 Å². The highest BCUT2D eigenvalue weighted by atomic mass is 19.3. The predicted octanol–water partition coefficient (Wildman–Crippen LogP) is 4.11. The van der Waals surface area contributed by atoms with Crippen molar-refractivity contribution in [2.45, 2.75) is 112 Å². The van der Waals surface area contributed by atoms with E-state index in [1.54, 1.807) is 4.90 Å². The summed E-state index contributed by atoms with van der Waals surface area (Å²) in [6.45, 7) is 4.30. The van der Waals surface area contributed by atoms with Crippen LogP contribution in [0.1, 0.15) is 82.3 Å². The average Bonchev–Trinajstić information content (AvgIpc) is 3.62. The maximum absolute atomic E-state index is 15.0. The van der Waals surface area contributed by atoms with Crippen LogP contribution >= 0.6 is 0 Å². The van der Waals surface area contributed by atoms with E-state index in [4.69, 9.17) is 9.26 Å². The molecule has 5 aliphatic rings. The minimum atomic E-state index is -3.07. The lowest BCUT2D eigenvalue weighted by Gasteiger charge is -2.42. The van der Waals surface area contributed by atoms with Gasteiger partial charge in [-0.2, -0.15) is 4.98 Å². The largest absolute Gasteiger partial charge is 0.371 e. The minimum Gasteiger partial charge on any atom is -0.371 e. The zero-order chi connectivity index (χ0) is 26.7. The van der Waals surface area contributed by atoms with Crippen LogP contribution < -0.4 is 5.32 Å². The third kappa shape index (κ3) is 5.39. The van der Waals surface area contributed by atoms with E-state index in [0.717, 1.165) is 0 Å². The first-order valence-electron chi connectivity index (χ1n) is 14.0. The SMILES string of the molecule is CC1(c2noc([C@@H]3C[C@@H]3F)n2)CCN(C(=O)N[C@@H]2[C@@H](O[C@H]3CCN(CC4(F)CC4)C3)CCCC2(F)F)CC1. The van der Waals surface area contributed by atoms with Crippen molar-refractivity contribution in [3.8, 4) is 0 Å². The number of alkyl halides is 4. The van der Waals surface area contributed by atoms with Crippen molar-refractivity contribution < 1.29 is 31.6 Å². The number of carbonyl (C=O) groups excluding carboxylic acids is 1. The minimum absolute atomic E-state index is 0.241. The Kier molecular flexibility index (Phi) is 6.64. The Labute approximate surface area is 219 Å². The van der Waals surface area contributed by atoms with Crippen molar-refractivity contribution in [2.24, 2.45) is 0 Å². The molecule has 2 saturated heterocycles. The zero-order valence-electron chi connectivity index (χ0n) is 21.8. The van der Waals surface area contributed by atoms with Gasteiger partial charge in [-0.3, -0.25) is 4.90 Å². The van der Waals surface area contributed by atoms with E-state index in [0.29, 0.717) is 95.8 Å². The fraction of sp³-hybridized carbons (Fsp3) is 0.885. The molecule has 12 heteroatoms. The normalized spacial score (nSPS) is 35.7. The van der Waals surface area contributed by atoms with Gasteiger partial charge in [0.1, 0.15) is 17.9 Å². The molecular weight excluding hydrogens is 506 g/mol. The summed E-state index contributed by atoms with van der Waals surface area (Å²) < 4.78 is 69.0. The van der Waals surface area contributed by atoms with Gasteiger partial charge in [0.25, 0.3) is 5.92 Å². The standard InChI is InChI=1S/C26H37F4N5O3/c1-24(22-32-21(38-33-22)17-13-18(17)27)8-11-35(12-9-24)23(36)31-20-19(3-2-5-26(20,29)30)37-16-4-10-34(14-16)15-25(28)6-7-25/h16-20H,2-15H2,1H3,(H,31,36)/t16-,17+,18-,19-,20+/m0/s1. The maximum Gasteiger partial charge on any atom is 0.317 e. The van der Waals surface area contributed by atoms with Crippen LogP contribution in [-0.4, -0.2) is 94.7 Å². The monoisotopic (exact) mass is 543 g/mol. The number of hydrogen-bond acceptors (Lipinski definition) is 6. The number of rotatable bonds is 7. The smallest absolute Gasteiger partial charge is 0.317 e. The maximum atomic E-state index is 15.0. The fourth-order valence-corrected chi connectivity index (χ4v) is 6.17. The highest BCUT2D eigenvalue weighted by molar-refractivity contribution is 5.75. The number of halogens is 4. The average molecular weight is 544 g/mol. The molecule has 0 bridgehead atoms. The topological polar surface area (TPSA) is 83.7 Å². The Hall–Kier alpha value is -1.95. The second-order valence-electron chi connectivity index (χ2n) is 12.4. The van der Waals surface area contributed by atoms with Gasteiger partial charge in [0, 0.05) is 44.6 Å². The first-order chi connectivity index (χ1) is 18.0. The second-order valence-corrected chi connectivity index (χ2v) is 12.4. The number of nitrogens with zero attached hydrogens (tertiary/aromatic N) is 4. The van der Waals surface area contributed by atoms with E-state index < -0.39 is 41.4 Å². The molecule has 6 rings (SSSR count). The summed E-state index contributed by atoms with van der Waals surface area (Å²) >= 11 is 0. The quantitative estimate of drug-likeness (QED) is 0.522. The molecule has 1 aromatic heterocycles. The van der Waals surface area contributed by atoms with E-state index in [1.165, 1.54) is 0 Å². The number of nitrogens with one attached hydrogen (secondary N) is 1. The molecule has 1 aromatic rings. The van der Waals surface area contributed by atoms with Gasteiger partial charge in [0.15, 0.2) is 5.82 Å². The van der Waals surface area contributed by atoms with Gasteiger partial charge in [-0.15, -0.1) is 0 Å². The molecule has 5 fully saturated rings. The van der Waals surface area contributed by atoms with Crippen LogP contribution in [0.4, 0.5) is 22.4 Å². The van der Waals surface area contributed by atoms with E-state index in [9.17, 15) is 13.6 Å². The molecule has 0 unspecified atom stereocenters. The molecule has 8 nitrogen and oxygen atoms in total. The van der Waals surface area contributed by atoms with Crippen LogP contribution in [0.5, 0.6) is 0 Å². The molecule has 0 radical (unpaired) electrons. The zero-order valence-corrected chi connectivity index (χ0v) is 21.8. The fourth-order valence-electron chi connectivity index (χ4n) is 6.17. The van der Waals surface area contributed by atoms with Crippen LogP contribution in [0.2, 0.25) is 0 Å². The number of ether oxygens (including phenoxy) is 1. The first-order valence-corrected chi connectivity index (χ1v) is 14.0. The second kappa shape index (κ2) is 9.60. The van der Waals surface area contributed by atoms with Crippen molar-refractivity contribution >= 4 is 6.03 Å². The van der Waals surface area contributed by atoms with E-state index in [2.05, 4.69) is 15.5 Å². The van der Waals surface area contributed by atoms with Crippen molar-refractivity contribution in [1.82, 2.24) is 25.3 Å². The van der Waals surface area contributed by atoms with Crippen molar-refractivity contribution in [2.75, 3.05) is 32.7 Å². The van der Waals surface area contributed by atoms with Crippen molar-refractivity contribution in [3.63, 3.8) is 0 Å². The highest BCUT2D eigenvalue weighted by Gasteiger charge is 2.51. The molecular formula is C26H37F4N5O3. The Balaban J connectivity index is 1.04. The van der Waals surface area contributed by atoms with Crippen LogP contribution in [0.3, 0.4) is 0 Å². The lowest BCUT2D eigenvalue weighted by molar-refractivity contribution is -0.138. The van der Waals surface area contributed by atoms with Gasteiger partial charge < -0.3 is 19.5 Å². The van der Waals surface area contributed by atoms with Gasteiger partial charge in [-0.25, -0.2) is 22.4 Å². The summed E-state index contributed by atoms with van der Waals surface area (Å²) in [4.78, 5) is 21.1. The molecule has 1 N–H and O–H groups in total. The lowest BCUT2D eigenvalue weighted by Crippen LogP contribution is -2.61. The number of hydrogen-bond donors (Lipinski definition) is 1. The number of likely N-dealkylation sites (tertiary alicyclic amines) is 2. The Morgan fingerprint density at radius 3 is 2.55 bits per heavy atom. The van der Waals surface area contributed by atoms with Crippen LogP contribution in [-0.2, 0) is 10.2 Å². The van der Waals surface area contributed by atoms with Gasteiger partial charge in [0.05, 0.1) is 18.1 Å². The molecule has 3 aliphatic carbocycles. The summed E-state index contributed by atoms with van der Waals surface area (Å²) in [5, 5.41) is 6.67. The van der Waals surface area contributed by atoms with Gasteiger partial charge in [-0.1, -0.05) is 12.1 Å². The summed E-state index contributed by atoms with van der Waals surface area (Å²) in [6.07, 6.45) is 1.85. The van der Waals surface area contributed by atoms with Gasteiger partial charge in [-0.05, 0) is 51.4 Å². The summed E-state index contributed by atoms with van der Waals surface area (Å²) in [6, 6.07) is -1.94. The third-order valence-electron chi connectivity index (χ3n) is 9.17. The lowest BCUT2D eigenvalue weighted by atomic mass is 9.79. The third-order valence-corrected chi connectivity index (χ3v) is 9.17. The molecule has 5 atom stereocenters. The van der Waals surface area contributed by atoms with Gasteiger partial charge in [0.2, 0.25) is 5.89 Å². The summed E-state index contributed by atoms with van der Waals surface area (Å²) in [5.41, 5.74) is -1.53. The Morgan fingerprint density at radius 1 is 1.13 bits per heavy atom.